The highest BCUT2D eigenvalue weighted by Crippen LogP contribution is 2.30. The SMILES string of the molecule is CC(=O)NCC1CN(c2ccc(-c3ccc(C(O)CN(CCCF)Cc4ccccc4)cc3)c(F)c2)C(=O)O1. The highest BCUT2D eigenvalue weighted by molar-refractivity contribution is 5.90. The minimum absolute atomic E-state index is 0.191. The van der Waals surface area contributed by atoms with E-state index in [9.17, 15) is 19.1 Å². The molecule has 9 heteroatoms. The Balaban J connectivity index is 1.41. The number of cyclic esters (lactones) is 1. The zero-order chi connectivity index (χ0) is 27.8. The largest absolute Gasteiger partial charge is 0.442 e. The Morgan fingerprint density at radius 2 is 1.90 bits per heavy atom. The lowest BCUT2D eigenvalue weighted by Gasteiger charge is -2.25. The van der Waals surface area contributed by atoms with Crippen molar-refractivity contribution in [3.8, 4) is 11.1 Å². The maximum absolute atomic E-state index is 15.1. The van der Waals surface area contributed by atoms with Crippen LogP contribution in [0, 0.1) is 5.82 Å². The summed E-state index contributed by atoms with van der Waals surface area (Å²) in [5.41, 5.74) is 3.12. The van der Waals surface area contributed by atoms with Crippen molar-refractivity contribution in [2.45, 2.75) is 32.1 Å². The van der Waals surface area contributed by atoms with Crippen molar-refractivity contribution in [1.82, 2.24) is 10.2 Å². The number of carbonyl (C=O) groups excluding carboxylic acids is 2. The highest BCUT2D eigenvalue weighted by Gasteiger charge is 2.32. The van der Waals surface area contributed by atoms with Gasteiger partial charge in [-0.15, -0.1) is 0 Å². The van der Waals surface area contributed by atoms with Crippen LogP contribution in [0.3, 0.4) is 0 Å². The zero-order valence-corrected chi connectivity index (χ0v) is 21.9. The highest BCUT2D eigenvalue weighted by atomic mass is 19.1. The van der Waals surface area contributed by atoms with Crippen molar-refractivity contribution < 1.29 is 28.2 Å². The monoisotopic (exact) mass is 537 g/mol. The van der Waals surface area contributed by atoms with E-state index in [4.69, 9.17) is 4.74 Å². The van der Waals surface area contributed by atoms with Gasteiger partial charge < -0.3 is 15.2 Å². The van der Waals surface area contributed by atoms with Gasteiger partial charge in [0.05, 0.1) is 31.6 Å². The van der Waals surface area contributed by atoms with Crippen LogP contribution in [0.15, 0.2) is 72.8 Å². The first-order chi connectivity index (χ1) is 18.8. The Hall–Kier alpha value is -3.82. The molecule has 0 aliphatic carbocycles. The quantitative estimate of drug-likeness (QED) is 0.345. The van der Waals surface area contributed by atoms with E-state index in [2.05, 4.69) is 5.32 Å². The van der Waals surface area contributed by atoms with Gasteiger partial charge in [0.25, 0.3) is 0 Å². The van der Waals surface area contributed by atoms with Gasteiger partial charge in [-0.3, -0.25) is 19.0 Å². The number of ether oxygens (including phenoxy) is 1. The van der Waals surface area contributed by atoms with Crippen LogP contribution < -0.4 is 10.2 Å². The van der Waals surface area contributed by atoms with Crippen LogP contribution in [0.2, 0.25) is 0 Å². The standard InChI is InChI=1S/C30H33F2N3O4/c1-21(36)33-17-26-19-35(30(38)39-26)25-12-13-27(28(32)16-25)23-8-10-24(11-9-23)29(37)20-34(15-5-14-31)18-22-6-3-2-4-7-22/h2-4,6-13,16,26,29,37H,5,14-15,17-20H2,1H3,(H,33,36). The predicted molar refractivity (Wildman–Crippen MR) is 145 cm³/mol. The Bertz CT molecular complexity index is 1260. The second kappa shape index (κ2) is 13.3. The molecule has 3 aromatic rings. The smallest absolute Gasteiger partial charge is 0.414 e. The first-order valence-electron chi connectivity index (χ1n) is 13.0. The number of rotatable bonds is 12. The van der Waals surface area contributed by atoms with E-state index in [0.717, 1.165) is 5.56 Å². The first-order valence-corrected chi connectivity index (χ1v) is 13.0. The second-order valence-corrected chi connectivity index (χ2v) is 9.62. The molecule has 0 aromatic heterocycles. The Labute approximate surface area is 227 Å². The van der Waals surface area contributed by atoms with Gasteiger partial charge in [-0.1, -0.05) is 54.6 Å². The average molecular weight is 538 g/mol. The van der Waals surface area contributed by atoms with Crippen molar-refractivity contribution in [3.05, 3.63) is 89.7 Å². The van der Waals surface area contributed by atoms with Crippen LogP contribution in [0.5, 0.6) is 0 Å². The topological polar surface area (TPSA) is 82.1 Å². The fourth-order valence-corrected chi connectivity index (χ4v) is 4.60. The number of carbonyl (C=O) groups is 2. The molecule has 3 aromatic carbocycles. The zero-order valence-electron chi connectivity index (χ0n) is 21.9. The number of halogens is 2. The number of alkyl halides is 1. The van der Waals surface area contributed by atoms with Crippen molar-refractivity contribution in [2.75, 3.05) is 37.8 Å². The van der Waals surface area contributed by atoms with Gasteiger partial charge in [-0.25, -0.2) is 9.18 Å². The van der Waals surface area contributed by atoms with Gasteiger partial charge >= 0.3 is 6.09 Å². The predicted octanol–water partition coefficient (Wildman–Crippen LogP) is 4.85. The molecule has 2 unspecified atom stereocenters. The fraction of sp³-hybridized carbons (Fsp3) is 0.333. The maximum atomic E-state index is 15.1. The minimum Gasteiger partial charge on any atom is -0.442 e. The summed E-state index contributed by atoms with van der Waals surface area (Å²) in [5.74, 6) is -0.723. The van der Waals surface area contributed by atoms with Crippen molar-refractivity contribution >= 4 is 17.7 Å². The van der Waals surface area contributed by atoms with E-state index in [0.29, 0.717) is 48.4 Å². The molecule has 1 aliphatic rings. The molecule has 1 fully saturated rings. The Kier molecular flexibility index (Phi) is 9.62. The second-order valence-electron chi connectivity index (χ2n) is 9.62. The molecule has 0 radical (unpaired) electrons. The van der Waals surface area contributed by atoms with Gasteiger partial charge in [0.15, 0.2) is 0 Å². The number of nitrogens with zero attached hydrogens (tertiary/aromatic N) is 2. The summed E-state index contributed by atoms with van der Waals surface area (Å²) in [6.07, 6.45) is -1.51. The molecule has 1 aliphatic heterocycles. The molecule has 1 heterocycles. The lowest BCUT2D eigenvalue weighted by Crippen LogP contribution is -2.33. The van der Waals surface area contributed by atoms with Gasteiger partial charge in [0, 0.05) is 32.1 Å². The third-order valence-electron chi connectivity index (χ3n) is 6.61. The van der Waals surface area contributed by atoms with Crippen LogP contribution in [-0.2, 0) is 16.1 Å². The van der Waals surface area contributed by atoms with Gasteiger partial charge in [-0.2, -0.15) is 0 Å². The third-order valence-corrected chi connectivity index (χ3v) is 6.61. The molecule has 4 rings (SSSR count). The molecular formula is C30H33F2N3O4. The van der Waals surface area contributed by atoms with Crippen molar-refractivity contribution in [3.63, 3.8) is 0 Å². The van der Waals surface area contributed by atoms with Gasteiger partial charge in [-0.05, 0) is 41.3 Å². The lowest BCUT2D eigenvalue weighted by molar-refractivity contribution is -0.119. The molecule has 206 valence electrons. The maximum Gasteiger partial charge on any atom is 0.414 e. The Morgan fingerprint density at radius 3 is 2.56 bits per heavy atom. The minimum atomic E-state index is -0.791. The van der Waals surface area contributed by atoms with E-state index in [-0.39, 0.29) is 19.0 Å². The van der Waals surface area contributed by atoms with Gasteiger partial charge in [0.2, 0.25) is 5.91 Å². The molecule has 0 bridgehead atoms. The van der Waals surface area contributed by atoms with Crippen LogP contribution in [0.4, 0.5) is 19.3 Å². The summed E-state index contributed by atoms with van der Waals surface area (Å²) in [6, 6.07) is 21.4. The molecule has 7 nitrogen and oxygen atoms in total. The van der Waals surface area contributed by atoms with Crippen LogP contribution in [0.1, 0.15) is 30.6 Å². The third kappa shape index (κ3) is 7.61. The number of benzene rings is 3. The van der Waals surface area contributed by atoms with E-state index >= 15 is 4.39 Å². The van der Waals surface area contributed by atoms with Crippen LogP contribution in [-0.4, -0.2) is 61.0 Å². The number of amides is 2. The van der Waals surface area contributed by atoms with Crippen molar-refractivity contribution in [1.29, 1.82) is 0 Å². The molecule has 0 saturated carbocycles. The molecule has 2 N–H and O–H groups in total. The van der Waals surface area contributed by atoms with E-state index < -0.39 is 30.8 Å². The molecule has 39 heavy (non-hydrogen) atoms. The fourth-order valence-electron chi connectivity index (χ4n) is 4.60. The first kappa shape index (κ1) is 28.2. The van der Waals surface area contributed by atoms with E-state index in [1.807, 2.05) is 35.2 Å². The number of aliphatic hydroxyl groups is 1. The molecule has 1 saturated heterocycles. The number of hydrogen-bond donors (Lipinski definition) is 2. The molecular weight excluding hydrogens is 504 g/mol. The van der Waals surface area contributed by atoms with Crippen LogP contribution in [0.25, 0.3) is 11.1 Å². The normalized spacial score (nSPS) is 15.9. The summed E-state index contributed by atoms with van der Waals surface area (Å²) in [4.78, 5) is 26.7. The number of hydrogen-bond acceptors (Lipinski definition) is 5. The molecule has 0 spiro atoms. The summed E-state index contributed by atoms with van der Waals surface area (Å²) < 4.78 is 33.2. The molecule has 2 amide bonds. The lowest BCUT2D eigenvalue weighted by atomic mass is 10.0. The summed E-state index contributed by atoms with van der Waals surface area (Å²) in [5, 5.41) is 13.5. The summed E-state index contributed by atoms with van der Waals surface area (Å²) in [7, 11) is 0. The number of aliphatic hydroxyl groups excluding tert-OH is 1. The number of anilines is 1. The van der Waals surface area contributed by atoms with Gasteiger partial charge in [0.1, 0.15) is 11.9 Å². The number of nitrogens with one attached hydrogen (secondary N) is 1. The summed E-state index contributed by atoms with van der Waals surface area (Å²) in [6.45, 7) is 2.82. The van der Waals surface area contributed by atoms with Crippen molar-refractivity contribution in [2.24, 2.45) is 0 Å². The molecule has 2 atom stereocenters. The van der Waals surface area contributed by atoms with Crippen LogP contribution >= 0.6 is 0 Å². The average Bonchev–Trinajstić information content (AvgIpc) is 3.31. The van der Waals surface area contributed by atoms with E-state index in [1.165, 1.54) is 17.9 Å². The Morgan fingerprint density at radius 1 is 1.15 bits per heavy atom. The summed E-state index contributed by atoms with van der Waals surface area (Å²) >= 11 is 0. The van der Waals surface area contributed by atoms with E-state index in [1.54, 1.807) is 36.4 Å².